The summed E-state index contributed by atoms with van der Waals surface area (Å²) in [5.41, 5.74) is 5.24. The number of nitrogens with two attached hydrogens (primary N) is 1. The molecule has 4 N–H and O–H groups in total. The van der Waals surface area contributed by atoms with Crippen LogP contribution in [0.5, 0.6) is 0 Å². The Bertz CT molecular complexity index is 376. The van der Waals surface area contributed by atoms with Crippen molar-refractivity contribution in [3.8, 4) is 0 Å². The van der Waals surface area contributed by atoms with Gasteiger partial charge in [-0.2, -0.15) is 0 Å². The molecule has 0 unspecified atom stereocenters. The summed E-state index contributed by atoms with van der Waals surface area (Å²) in [6.45, 7) is 2.59. The van der Waals surface area contributed by atoms with E-state index in [9.17, 15) is 9.59 Å². The van der Waals surface area contributed by atoms with E-state index in [-0.39, 0.29) is 30.4 Å². The largest absolute Gasteiger partial charge is 0.379 e. The molecule has 0 saturated carbocycles. The lowest BCUT2D eigenvalue weighted by atomic mass is 10.3. The van der Waals surface area contributed by atoms with Gasteiger partial charge >= 0.3 is 0 Å². The van der Waals surface area contributed by atoms with E-state index in [0.717, 1.165) is 0 Å². The number of nitrogens with zero attached hydrogens (tertiary/aromatic N) is 2. The number of aromatic nitrogens is 2. The van der Waals surface area contributed by atoms with E-state index >= 15 is 0 Å². The van der Waals surface area contributed by atoms with E-state index in [1.807, 2.05) is 6.92 Å². The van der Waals surface area contributed by atoms with Crippen molar-refractivity contribution >= 4 is 17.6 Å². The number of anilines is 1. The van der Waals surface area contributed by atoms with Crippen molar-refractivity contribution < 1.29 is 14.2 Å². The second kappa shape index (κ2) is 5.69. The fraction of sp³-hybridized carbons (Fsp3) is 0.500. The molecule has 0 aliphatic heterocycles. The second-order valence-corrected chi connectivity index (χ2v) is 2.96. The zero-order chi connectivity index (χ0) is 12.0. The maximum absolute atomic E-state index is 11.4. The quantitative estimate of drug-likeness (QED) is 0.587. The van der Waals surface area contributed by atoms with Gasteiger partial charge < -0.3 is 16.4 Å². The predicted octanol–water partition coefficient (Wildman–Crippen LogP) is -1.09. The van der Waals surface area contributed by atoms with Crippen LogP contribution in [0.15, 0.2) is 4.63 Å². The van der Waals surface area contributed by atoms with E-state index in [2.05, 4.69) is 25.6 Å². The van der Waals surface area contributed by atoms with Crippen LogP contribution in [-0.4, -0.2) is 35.2 Å². The molecule has 0 aromatic carbocycles. The fourth-order valence-electron chi connectivity index (χ4n) is 1.01. The molecule has 88 valence electrons. The van der Waals surface area contributed by atoms with Gasteiger partial charge in [-0.15, -0.1) is 0 Å². The smallest absolute Gasteiger partial charge is 0.277 e. The molecule has 1 aromatic heterocycles. The minimum atomic E-state index is -0.511. The van der Waals surface area contributed by atoms with Gasteiger partial charge in [-0.3, -0.25) is 9.59 Å². The van der Waals surface area contributed by atoms with Gasteiger partial charge in [-0.1, -0.05) is 0 Å². The zero-order valence-corrected chi connectivity index (χ0v) is 8.82. The summed E-state index contributed by atoms with van der Waals surface area (Å²) >= 11 is 0. The molecular weight excluding hydrogens is 214 g/mol. The minimum absolute atomic E-state index is 0.0732. The van der Waals surface area contributed by atoms with Crippen molar-refractivity contribution in [2.45, 2.75) is 13.3 Å². The molecule has 1 aromatic rings. The van der Waals surface area contributed by atoms with Crippen LogP contribution in [0, 0.1) is 0 Å². The van der Waals surface area contributed by atoms with Gasteiger partial charge in [0.2, 0.25) is 17.4 Å². The molecule has 0 saturated heterocycles. The Balaban J connectivity index is 2.31. The number of hydrogen-bond acceptors (Lipinski definition) is 6. The number of carbonyl (C=O) groups excluding carboxylic acids is 2. The third kappa shape index (κ3) is 3.23. The fourth-order valence-corrected chi connectivity index (χ4v) is 1.01. The lowest BCUT2D eigenvalue weighted by Crippen LogP contribution is -2.31. The van der Waals surface area contributed by atoms with Crippen molar-refractivity contribution in [3.05, 3.63) is 5.69 Å². The molecule has 0 aliphatic carbocycles. The first kappa shape index (κ1) is 12.0. The molecule has 1 heterocycles. The Kier molecular flexibility index (Phi) is 4.25. The van der Waals surface area contributed by atoms with Gasteiger partial charge in [-0.05, 0) is 17.2 Å². The summed E-state index contributed by atoms with van der Waals surface area (Å²) < 4.78 is 4.27. The van der Waals surface area contributed by atoms with Crippen molar-refractivity contribution in [1.82, 2.24) is 20.9 Å². The maximum atomic E-state index is 11.4. The van der Waals surface area contributed by atoms with Crippen molar-refractivity contribution in [2.24, 2.45) is 0 Å². The third-order valence-corrected chi connectivity index (χ3v) is 1.74. The van der Waals surface area contributed by atoms with E-state index in [4.69, 9.17) is 5.73 Å². The molecule has 1 rings (SSSR count). The Morgan fingerprint density at radius 3 is 2.69 bits per heavy atom. The Morgan fingerprint density at radius 1 is 1.38 bits per heavy atom. The average molecular weight is 227 g/mol. The Labute approximate surface area is 91.5 Å². The first-order valence-electron chi connectivity index (χ1n) is 4.78. The summed E-state index contributed by atoms with van der Waals surface area (Å²) in [6, 6.07) is 0. The minimum Gasteiger partial charge on any atom is -0.379 e. The highest BCUT2D eigenvalue weighted by Crippen LogP contribution is 2.02. The van der Waals surface area contributed by atoms with Crippen molar-refractivity contribution in [3.63, 3.8) is 0 Å². The van der Waals surface area contributed by atoms with Crippen molar-refractivity contribution in [1.29, 1.82) is 0 Å². The molecule has 8 nitrogen and oxygen atoms in total. The lowest BCUT2D eigenvalue weighted by molar-refractivity contribution is -0.120. The third-order valence-electron chi connectivity index (χ3n) is 1.74. The van der Waals surface area contributed by atoms with E-state index in [0.29, 0.717) is 6.54 Å². The first-order chi connectivity index (χ1) is 7.65. The van der Waals surface area contributed by atoms with Crippen LogP contribution in [0.2, 0.25) is 0 Å². The molecule has 0 aliphatic rings. The van der Waals surface area contributed by atoms with Gasteiger partial charge in [0.05, 0.1) is 0 Å². The number of carbonyl (C=O) groups is 2. The summed E-state index contributed by atoms with van der Waals surface area (Å²) in [4.78, 5) is 22.4. The SMILES string of the molecule is CCNC(=O)CCNC(=O)c1nonc1N. The summed E-state index contributed by atoms with van der Waals surface area (Å²) in [5, 5.41) is 11.7. The number of hydrogen-bond donors (Lipinski definition) is 3. The molecule has 0 bridgehead atoms. The number of amides is 2. The average Bonchev–Trinajstić information content (AvgIpc) is 2.64. The van der Waals surface area contributed by atoms with Crippen LogP contribution in [0.4, 0.5) is 5.82 Å². The highest BCUT2D eigenvalue weighted by Gasteiger charge is 2.15. The lowest BCUT2D eigenvalue weighted by Gasteiger charge is -2.03. The molecule has 16 heavy (non-hydrogen) atoms. The number of nitrogen functional groups attached to an aromatic ring is 1. The summed E-state index contributed by atoms with van der Waals surface area (Å²) in [6.07, 6.45) is 0.199. The van der Waals surface area contributed by atoms with E-state index in [1.54, 1.807) is 0 Å². The van der Waals surface area contributed by atoms with Gasteiger partial charge in [0.25, 0.3) is 5.91 Å². The molecule has 0 fully saturated rings. The molecule has 0 spiro atoms. The topological polar surface area (TPSA) is 123 Å². The molecule has 2 amide bonds. The van der Waals surface area contributed by atoms with Crippen LogP contribution in [0.25, 0.3) is 0 Å². The summed E-state index contributed by atoms with van der Waals surface area (Å²) in [7, 11) is 0. The normalized spacial score (nSPS) is 9.81. The molecule has 8 heteroatoms. The van der Waals surface area contributed by atoms with Crippen LogP contribution in [0.3, 0.4) is 0 Å². The highest BCUT2D eigenvalue weighted by atomic mass is 16.6. The standard InChI is InChI=1S/C8H13N5O3/c1-2-10-5(14)3-4-11-8(15)6-7(9)13-16-12-6/h2-4H2,1H3,(H2,9,13)(H,10,14)(H,11,15). The Morgan fingerprint density at radius 2 is 2.12 bits per heavy atom. The first-order valence-corrected chi connectivity index (χ1v) is 4.78. The molecule has 0 radical (unpaired) electrons. The van der Waals surface area contributed by atoms with Crippen LogP contribution in [-0.2, 0) is 4.79 Å². The van der Waals surface area contributed by atoms with Crippen LogP contribution >= 0.6 is 0 Å². The van der Waals surface area contributed by atoms with E-state index in [1.165, 1.54) is 0 Å². The van der Waals surface area contributed by atoms with Crippen molar-refractivity contribution in [2.75, 3.05) is 18.8 Å². The second-order valence-electron chi connectivity index (χ2n) is 2.96. The van der Waals surface area contributed by atoms with Gasteiger partial charge in [-0.25, -0.2) is 4.63 Å². The zero-order valence-electron chi connectivity index (χ0n) is 8.82. The summed E-state index contributed by atoms with van der Waals surface area (Å²) in [5.74, 6) is -0.715. The maximum Gasteiger partial charge on any atom is 0.277 e. The van der Waals surface area contributed by atoms with Gasteiger partial charge in [0, 0.05) is 19.5 Å². The monoisotopic (exact) mass is 227 g/mol. The highest BCUT2D eigenvalue weighted by molar-refractivity contribution is 5.96. The number of rotatable bonds is 5. The molecule has 0 atom stereocenters. The molecular formula is C8H13N5O3. The van der Waals surface area contributed by atoms with Gasteiger partial charge in [0.15, 0.2) is 0 Å². The Hall–Kier alpha value is -2.12. The predicted molar refractivity (Wildman–Crippen MR) is 54.3 cm³/mol. The number of nitrogens with one attached hydrogen (secondary N) is 2. The van der Waals surface area contributed by atoms with Crippen LogP contribution < -0.4 is 16.4 Å². The van der Waals surface area contributed by atoms with Gasteiger partial charge in [0.1, 0.15) is 0 Å². The van der Waals surface area contributed by atoms with E-state index < -0.39 is 5.91 Å². The van der Waals surface area contributed by atoms with Crippen LogP contribution in [0.1, 0.15) is 23.8 Å².